The predicted octanol–water partition coefficient (Wildman–Crippen LogP) is 3.15. The Labute approximate surface area is 139 Å². The summed E-state index contributed by atoms with van der Waals surface area (Å²) in [6.45, 7) is 10.8. The fourth-order valence-corrected chi connectivity index (χ4v) is 3.76. The fourth-order valence-electron chi connectivity index (χ4n) is 3.76. The van der Waals surface area contributed by atoms with Gasteiger partial charge in [-0.1, -0.05) is 26.0 Å². The lowest BCUT2D eigenvalue weighted by Crippen LogP contribution is -2.62. The van der Waals surface area contributed by atoms with Gasteiger partial charge in [0.15, 0.2) is 0 Å². The minimum atomic E-state index is -0.155. The van der Waals surface area contributed by atoms with Crippen LogP contribution < -0.4 is 0 Å². The highest BCUT2D eigenvalue weighted by Crippen LogP contribution is 2.25. The normalized spacial score (nSPS) is 21.1. The van der Waals surface area contributed by atoms with Crippen LogP contribution in [-0.4, -0.2) is 54.7 Å². The molecule has 128 valence electrons. The Morgan fingerprint density at radius 1 is 1.13 bits per heavy atom. The van der Waals surface area contributed by atoms with Crippen molar-refractivity contribution in [2.45, 2.75) is 45.3 Å². The van der Waals surface area contributed by atoms with Crippen molar-refractivity contribution in [3.8, 4) is 0 Å². The number of nitrogens with zero attached hydrogens (tertiary/aromatic N) is 2. The Morgan fingerprint density at radius 2 is 1.78 bits per heavy atom. The molecule has 0 aliphatic carbocycles. The van der Waals surface area contributed by atoms with Gasteiger partial charge in [0, 0.05) is 51.5 Å². The first-order valence-electron chi connectivity index (χ1n) is 8.92. The second kappa shape index (κ2) is 7.73. The summed E-state index contributed by atoms with van der Waals surface area (Å²) in [5.74, 6) is 0.543. The highest BCUT2D eigenvalue weighted by Gasteiger charge is 2.36. The molecule has 23 heavy (non-hydrogen) atoms. The molecule has 1 aromatic carbocycles. The van der Waals surface area contributed by atoms with Crippen LogP contribution in [0.5, 0.6) is 0 Å². The van der Waals surface area contributed by atoms with Gasteiger partial charge in [-0.25, -0.2) is 4.39 Å². The summed E-state index contributed by atoms with van der Waals surface area (Å²) in [6.07, 6.45) is 2.34. The maximum Gasteiger partial charge on any atom is 0.123 e. The summed E-state index contributed by atoms with van der Waals surface area (Å²) in [6, 6.07) is 8.25. The van der Waals surface area contributed by atoms with Gasteiger partial charge in [-0.15, -0.1) is 0 Å². The molecule has 0 amide bonds. The molecule has 0 atom stereocenters. The summed E-state index contributed by atoms with van der Waals surface area (Å²) < 4.78 is 18.5. The molecule has 2 fully saturated rings. The minimum Gasteiger partial charge on any atom is -0.381 e. The van der Waals surface area contributed by atoms with Gasteiger partial charge in [0.1, 0.15) is 5.82 Å². The van der Waals surface area contributed by atoms with E-state index in [9.17, 15) is 4.39 Å². The zero-order valence-corrected chi connectivity index (χ0v) is 14.4. The zero-order valence-electron chi connectivity index (χ0n) is 14.4. The van der Waals surface area contributed by atoms with Crippen LogP contribution in [0.15, 0.2) is 24.3 Å². The van der Waals surface area contributed by atoms with Crippen molar-refractivity contribution in [2.24, 2.45) is 5.92 Å². The largest absolute Gasteiger partial charge is 0.381 e. The van der Waals surface area contributed by atoms with Crippen molar-refractivity contribution in [1.29, 1.82) is 0 Å². The van der Waals surface area contributed by atoms with Gasteiger partial charge in [0.05, 0.1) is 0 Å². The number of rotatable bonds is 6. The summed E-state index contributed by atoms with van der Waals surface area (Å²) in [5, 5.41) is 0. The van der Waals surface area contributed by atoms with Gasteiger partial charge in [-0.05, 0) is 36.5 Å². The molecular formula is C19H29FN2O. The third-order valence-corrected chi connectivity index (χ3v) is 4.96. The van der Waals surface area contributed by atoms with E-state index in [2.05, 4.69) is 23.6 Å². The van der Waals surface area contributed by atoms with Gasteiger partial charge in [-0.3, -0.25) is 9.80 Å². The van der Waals surface area contributed by atoms with E-state index < -0.39 is 0 Å². The van der Waals surface area contributed by atoms with E-state index >= 15 is 0 Å². The van der Waals surface area contributed by atoms with Crippen molar-refractivity contribution in [2.75, 3.05) is 32.8 Å². The average Bonchev–Trinajstić information content (AvgIpc) is 2.51. The molecule has 0 unspecified atom stereocenters. The highest BCUT2D eigenvalue weighted by molar-refractivity contribution is 5.16. The average molecular weight is 320 g/mol. The Morgan fingerprint density at radius 3 is 2.39 bits per heavy atom. The number of likely N-dealkylation sites (tertiary alicyclic amines) is 1. The van der Waals surface area contributed by atoms with Gasteiger partial charge >= 0.3 is 0 Å². The zero-order chi connectivity index (χ0) is 16.2. The molecule has 2 aliphatic rings. The van der Waals surface area contributed by atoms with Gasteiger partial charge in [-0.2, -0.15) is 0 Å². The van der Waals surface area contributed by atoms with E-state index in [1.807, 2.05) is 12.1 Å². The predicted molar refractivity (Wildman–Crippen MR) is 90.9 cm³/mol. The third kappa shape index (κ3) is 4.52. The number of halogens is 1. The van der Waals surface area contributed by atoms with Crippen LogP contribution in [0.4, 0.5) is 4.39 Å². The van der Waals surface area contributed by atoms with Crippen molar-refractivity contribution < 1.29 is 9.13 Å². The molecule has 0 N–H and O–H groups in total. The lowest BCUT2D eigenvalue weighted by atomic mass is 9.97. The Kier molecular flexibility index (Phi) is 5.67. The van der Waals surface area contributed by atoms with Crippen LogP contribution in [0.25, 0.3) is 0 Å². The smallest absolute Gasteiger partial charge is 0.123 e. The lowest BCUT2D eigenvalue weighted by molar-refractivity contribution is -0.0383. The molecule has 3 rings (SSSR count). The van der Waals surface area contributed by atoms with Gasteiger partial charge in [0.2, 0.25) is 0 Å². The summed E-state index contributed by atoms with van der Waals surface area (Å²) in [5.41, 5.74) is 1.20. The molecule has 0 radical (unpaired) electrons. The van der Waals surface area contributed by atoms with Crippen LogP contribution in [0, 0.1) is 11.7 Å². The standard InChI is InChI=1S/C19H29FN2O/c1-15(2)11-22(18-7-9-23-10-8-18)19-13-21(14-19)12-16-3-5-17(20)6-4-16/h3-6,15,18-19H,7-14H2,1-2H3. The van der Waals surface area contributed by atoms with Crippen molar-refractivity contribution in [3.63, 3.8) is 0 Å². The molecule has 0 bridgehead atoms. The summed E-state index contributed by atoms with van der Waals surface area (Å²) in [4.78, 5) is 5.19. The van der Waals surface area contributed by atoms with Crippen LogP contribution >= 0.6 is 0 Å². The molecule has 1 aromatic rings. The van der Waals surface area contributed by atoms with Gasteiger partial charge in [0.25, 0.3) is 0 Å². The lowest BCUT2D eigenvalue weighted by Gasteiger charge is -2.49. The summed E-state index contributed by atoms with van der Waals surface area (Å²) >= 11 is 0. The van der Waals surface area contributed by atoms with Crippen LogP contribution in [0.2, 0.25) is 0 Å². The highest BCUT2D eigenvalue weighted by atomic mass is 19.1. The third-order valence-electron chi connectivity index (χ3n) is 4.96. The number of hydrogen-bond acceptors (Lipinski definition) is 3. The summed E-state index contributed by atoms with van der Waals surface area (Å²) in [7, 11) is 0. The van der Waals surface area contributed by atoms with Crippen LogP contribution in [0.3, 0.4) is 0 Å². The van der Waals surface area contributed by atoms with E-state index in [0.29, 0.717) is 18.0 Å². The SMILES string of the molecule is CC(C)CN(C1CCOCC1)C1CN(Cc2ccc(F)cc2)C1. The Hall–Kier alpha value is -0.970. The first kappa shape index (κ1) is 16.9. The van der Waals surface area contributed by atoms with Crippen molar-refractivity contribution in [3.05, 3.63) is 35.6 Å². The first-order valence-corrected chi connectivity index (χ1v) is 8.92. The monoisotopic (exact) mass is 320 g/mol. The molecule has 2 saturated heterocycles. The molecule has 3 nitrogen and oxygen atoms in total. The number of ether oxygens (including phenoxy) is 1. The van der Waals surface area contributed by atoms with E-state index in [-0.39, 0.29) is 5.82 Å². The minimum absolute atomic E-state index is 0.155. The maximum absolute atomic E-state index is 13.0. The van der Waals surface area contributed by atoms with E-state index in [4.69, 9.17) is 4.74 Å². The topological polar surface area (TPSA) is 15.7 Å². The van der Waals surface area contributed by atoms with E-state index in [1.54, 1.807) is 12.1 Å². The number of benzene rings is 1. The molecule has 0 aromatic heterocycles. The number of hydrogen-bond donors (Lipinski definition) is 0. The van der Waals surface area contributed by atoms with Gasteiger partial charge < -0.3 is 4.74 Å². The van der Waals surface area contributed by atoms with E-state index in [0.717, 1.165) is 32.8 Å². The maximum atomic E-state index is 13.0. The van der Waals surface area contributed by atoms with Crippen molar-refractivity contribution in [1.82, 2.24) is 9.80 Å². The first-order chi connectivity index (χ1) is 11.1. The fraction of sp³-hybridized carbons (Fsp3) is 0.684. The Balaban J connectivity index is 1.52. The van der Waals surface area contributed by atoms with Crippen LogP contribution in [0.1, 0.15) is 32.3 Å². The van der Waals surface area contributed by atoms with Crippen molar-refractivity contribution >= 4 is 0 Å². The second-order valence-corrected chi connectivity index (χ2v) is 7.41. The molecular weight excluding hydrogens is 291 g/mol. The second-order valence-electron chi connectivity index (χ2n) is 7.41. The molecule has 4 heteroatoms. The van der Waals surface area contributed by atoms with Crippen LogP contribution in [-0.2, 0) is 11.3 Å². The quantitative estimate of drug-likeness (QED) is 0.801. The van der Waals surface area contributed by atoms with E-state index in [1.165, 1.54) is 24.9 Å². The molecule has 0 spiro atoms. The molecule has 0 saturated carbocycles. The molecule has 2 aliphatic heterocycles. The Bertz CT molecular complexity index is 479. The molecule has 2 heterocycles.